The fourth-order valence-corrected chi connectivity index (χ4v) is 3.88. The van der Waals surface area contributed by atoms with E-state index >= 15 is 0 Å². The van der Waals surface area contributed by atoms with Crippen LogP contribution >= 0.6 is 27.7 Å². The van der Waals surface area contributed by atoms with Gasteiger partial charge in [-0.15, -0.1) is 0 Å². The van der Waals surface area contributed by atoms with Crippen molar-refractivity contribution in [2.75, 3.05) is 19.8 Å². The van der Waals surface area contributed by atoms with E-state index in [4.69, 9.17) is 0 Å². The summed E-state index contributed by atoms with van der Waals surface area (Å²) in [6.07, 6.45) is 5.30. The summed E-state index contributed by atoms with van der Waals surface area (Å²) in [6.45, 7) is 2.34. The lowest BCUT2D eigenvalue weighted by Gasteiger charge is -2.29. The van der Waals surface area contributed by atoms with E-state index in [1.165, 1.54) is 11.3 Å². The van der Waals surface area contributed by atoms with Crippen LogP contribution in [0.3, 0.4) is 0 Å². The number of benzene rings is 1. The zero-order valence-electron chi connectivity index (χ0n) is 12.1. The van der Waals surface area contributed by atoms with Crippen LogP contribution < -0.4 is 0 Å². The van der Waals surface area contributed by atoms with Gasteiger partial charge < -0.3 is 0 Å². The molecule has 0 N–H and O–H groups in total. The molecule has 22 heavy (non-hydrogen) atoms. The Balaban J connectivity index is 1.75. The highest BCUT2D eigenvalue weighted by Gasteiger charge is 2.36. The van der Waals surface area contributed by atoms with Crippen LogP contribution in [0.5, 0.6) is 0 Å². The normalized spacial score (nSPS) is 21.9. The predicted octanol–water partition coefficient (Wildman–Crippen LogP) is 3.93. The maximum atomic E-state index is 12.5. The smallest absolute Gasteiger partial charge is 0.286 e. The number of piperidine rings is 1. The van der Waals surface area contributed by atoms with Crippen molar-refractivity contribution in [3.05, 3.63) is 39.2 Å². The highest BCUT2D eigenvalue weighted by molar-refractivity contribution is 9.10. The minimum atomic E-state index is -0.184. The average molecular weight is 381 g/mol. The summed E-state index contributed by atoms with van der Waals surface area (Å²) in [5.41, 5.74) is 0.908. The third-order valence-corrected chi connectivity index (χ3v) is 5.49. The molecule has 2 fully saturated rings. The monoisotopic (exact) mass is 380 g/mol. The Hall–Kier alpha value is -1.11. The number of carbonyl (C=O) groups excluding carboxylic acids is 2. The molecule has 3 rings (SSSR count). The summed E-state index contributed by atoms with van der Waals surface area (Å²) in [6, 6.07) is 7.67. The highest BCUT2D eigenvalue weighted by atomic mass is 79.9. The molecule has 2 saturated heterocycles. The first kappa shape index (κ1) is 15.8. The van der Waals surface area contributed by atoms with Gasteiger partial charge in [-0.05, 0) is 55.4 Å². The van der Waals surface area contributed by atoms with Crippen molar-refractivity contribution < 1.29 is 9.59 Å². The molecule has 0 spiro atoms. The summed E-state index contributed by atoms with van der Waals surface area (Å²) in [7, 11) is 0. The van der Waals surface area contributed by atoms with Gasteiger partial charge in [0, 0.05) is 4.47 Å². The van der Waals surface area contributed by atoms with Crippen molar-refractivity contribution in [3.63, 3.8) is 0 Å². The van der Waals surface area contributed by atoms with E-state index in [1.807, 2.05) is 24.3 Å². The largest absolute Gasteiger partial charge is 0.294 e. The predicted molar refractivity (Wildman–Crippen MR) is 92.2 cm³/mol. The first-order valence-corrected chi connectivity index (χ1v) is 8.98. The Bertz CT molecular complexity index is 626. The summed E-state index contributed by atoms with van der Waals surface area (Å²) in [4.78, 5) is 28.6. The Labute approximate surface area is 142 Å². The SMILES string of the molecule is O=C1S/C(=C\c2ccccc2Br)C(=O)N1CN1CCCCC1. The van der Waals surface area contributed by atoms with Crippen molar-refractivity contribution in [2.45, 2.75) is 19.3 Å². The Morgan fingerprint density at radius 1 is 1.14 bits per heavy atom. The number of hydrogen-bond acceptors (Lipinski definition) is 4. The molecular formula is C16H17BrN2O2S. The van der Waals surface area contributed by atoms with Crippen molar-refractivity contribution in [1.82, 2.24) is 9.80 Å². The molecular weight excluding hydrogens is 364 g/mol. The van der Waals surface area contributed by atoms with Gasteiger partial charge in [-0.3, -0.25) is 19.4 Å². The van der Waals surface area contributed by atoms with E-state index in [0.29, 0.717) is 11.6 Å². The van der Waals surface area contributed by atoms with Crippen LogP contribution in [0.25, 0.3) is 6.08 Å². The molecule has 0 bridgehead atoms. The second-order valence-electron chi connectivity index (χ2n) is 5.45. The molecule has 2 aliphatic rings. The number of thioether (sulfide) groups is 1. The van der Waals surface area contributed by atoms with Gasteiger partial charge in [0.1, 0.15) is 0 Å². The van der Waals surface area contributed by atoms with Crippen molar-refractivity contribution in [3.8, 4) is 0 Å². The van der Waals surface area contributed by atoms with Crippen LogP contribution in [-0.4, -0.2) is 40.7 Å². The van der Waals surface area contributed by atoms with E-state index in [1.54, 1.807) is 6.08 Å². The molecule has 116 valence electrons. The van der Waals surface area contributed by atoms with Gasteiger partial charge in [0.25, 0.3) is 11.1 Å². The number of imide groups is 1. The van der Waals surface area contributed by atoms with Gasteiger partial charge in [0.05, 0.1) is 11.6 Å². The maximum Gasteiger partial charge on any atom is 0.294 e. The van der Waals surface area contributed by atoms with Crippen LogP contribution in [0.2, 0.25) is 0 Å². The van der Waals surface area contributed by atoms with Crippen LogP contribution in [0.1, 0.15) is 24.8 Å². The van der Waals surface area contributed by atoms with E-state index < -0.39 is 0 Å². The fourth-order valence-electron chi connectivity index (χ4n) is 2.66. The summed E-state index contributed by atoms with van der Waals surface area (Å²) in [5.74, 6) is -0.184. The summed E-state index contributed by atoms with van der Waals surface area (Å²) < 4.78 is 0.915. The molecule has 1 aromatic rings. The number of nitrogens with zero attached hydrogens (tertiary/aromatic N) is 2. The van der Waals surface area contributed by atoms with Gasteiger partial charge in [-0.25, -0.2) is 0 Å². The molecule has 0 aliphatic carbocycles. The number of carbonyl (C=O) groups is 2. The minimum Gasteiger partial charge on any atom is -0.286 e. The Kier molecular flexibility index (Phi) is 5.00. The van der Waals surface area contributed by atoms with Gasteiger partial charge in [-0.1, -0.05) is 40.5 Å². The quantitative estimate of drug-likeness (QED) is 0.744. The van der Waals surface area contributed by atoms with Crippen LogP contribution in [-0.2, 0) is 4.79 Å². The van der Waals surface area contributed by atoms with E-state index in [0.717, 1.165) is 47.7 Å². The second-order valence-corrected chi connectivity index (χ2v) is 7.30. The average Bonchev–Trinajstić information content (AvgIpc) is 2.78. The fraction of sp³-hybridized carbons (Fsp3) is 0.375. The molecule has 2 aliphatic heterocycles. The van der Waals surface area contributed by atoms with E-state index in [-0.39, 0.29) is 11.1 Å². The molecule has 1 aromatic carbocycles. The lowest BCUT2D eigenvalue weighted by Crippen LogP contribution is -2.42. The third kappa shape index (κ3) is 3.45. The van der Waals surface area contributed by atoms with Gasteiger partial charge in [0.2, 0.25) is 0 Å². The van der Waals surface area contributed by atoms with E-state index in [9.17, 15) is 9.59 Å². The molecule has 0 radical (unpaired) electrons. The van der Waals surface area contributed by atoms with Crippen molar-refractivity contribution in [2.24, 2.45) is 0 Å². The number of halogens is 1. The minimum absolute atomic E-state index is 0.172. The first-order valence-electron chi connectivity index (χ1n) is 7.37. The number of likely N-dealkylation sites (tertiary alicyclic amines) is 1. The second kappa shape index (κ2) is 6.98. The number of amides is 2. The zero-order valence-corrected chi connectivity index (χ0v) is 14.5. The molecule has 0 atom stereocenters. The van der Waals surface area contributed by atoms with Gasteiger partial charge in [0.15, 0.2) is 0 Å². The maximum absolute atomic E-state index is 12.5. The Morgan fingerprint density at radius 2 is 1.86 bits per heavy atom. The van der Waals surface area contributed by atoms with Crippen LogP contribution in [0.15, 0.2) is 33.6 Å². The van der Waals surface area contributed by atoms with E-state index in [2.05, 4.69) is 20.8 Å². The van der Waals surface area contributed by atoms with Crippen LogP contribution in [0.4, 0.5) is 4.79 Å². The van der Waals surface area contributed by atoms with Crippen molar-refractivity contribution >= 4 is 44.9 Å². The zero-order chi connectivity index (χ0) is 15.5. The number of rotatable bonds is 3. The molecule has 0 saturated carbocycles. The standard InChI is InChI=1S/C16H17BrN2O2S/c17-13-7-3-2-6-12(13)10-14-15(20)19(16(21)22-14)11-18-8-4-1-5-9-18/h2-3,6-7,10H,1,4-5,8-9,11H2/b14-10-. The lowest BCUT2D eigenvalue weighted by molar-refractivity contribution is -0.124. The molecule has 6 heteroatoms. The first-order chi connectivity index (χ1) is 10.6. The molecule has 0 unspecified atom stereocenters. The molecule has 2 heterocycles. The van der Waals surface area contributed by atoms with Gasteiger partial charge in [-0.2, -0.15) is 0 Å². The molecule has 2 amide bonds. The summed E-state index contributed by atoms with van der Waals surface area (Å²) in [5, 5.41) is -0.172. The summed E-state index contributed by atoms with van der Waals surface area (Å²) >= 11 is 4.49. The highest BCUT2D eigenvalue weighted by Crippen LogP contribution is 2.33. The van der Waals surface area contributed by atoms with Crippen LogP contribution in [0, 0.1) is 0 Å². The number of hydrogen-bond donors (Lipinski definition) is 0. The Morgan fingerprint density at radius 3 is 2.59 bits per heavy atom. The molecule has 4 nitrogen and oxygen atoms in total. The topological polar surface area (TPSA) is 40.6 Å². The van der Waals surface area contributed by atoms with Gasteiger partial charge >= 0.3 is 0 Å². The van der Waals surface area contributed by atoms with Crippen molar-refractivity contribution in [1.29, 1.82) is 0 Å². The lowest BCUT2D eigenvalue weighted by atomic mass is 10.1. The molecule has 0 aromatic heterocycles. The third-order valence-electron chi connectivity index (χ3n) is 3.86.